The molecular weight excluding hydrogens is 402 g/mol. The summed E-state index contributed by atoms with van der Waals surface area (Å²) < 4.78 is 0. The van der Waals surface area contributed by atoms with E-state index in [0.717, 1.165) is 41.6 Å². The molecule has 5 nitrogen and oxygen atoms in total. The van der Waals surface area contributed by atoms with Crippen LogP contribution in [-0.4, -0.2) is 27.7 Å². The molecule has 0 saturated heterocycles. The number of rotatable bonds is 3. The van der Waals surface area contributed by atoms with Crippen molar-refractivity contribution >= 4 is 44.9 Å². The average Bonchev–Trinajstić information content (AvgIpc) is 3.22. The number of aromatic amines is 1. The third-order valence-electron chi connectivity index (χ3n) is 5.95. The summed E-state index contributed by atoms with van der Waals surface area (Å²) in [6.07, 6.45) is 3.99. The Morgan fingerprint density at radius 3 is 3.00 bits per heavy atom. The molecule has 0 saturated carbocycles. The average molecular weight is 426 g/mol. The van der Waals surface area contributed by atoms with E-state index in [1.165, 1.54) is 27.8 Å². The molecular formula is C22H23N3O2S2. The number of hydrogen-bond acceptors (Lipinski definition) is 5. The van der Waals surface area contributed by atoms with Crippen molar-refractivity contribution in [1.29, 1.82) is 0 Å². The third-order valence-corrected chi connectivity index (χ3v) is 7.96. The van der Waals surface area contributed by atoms with E-state index in [-0.39, 0.29) is 23.3 Å². The van der Waals surface area contributed by atoms with Crippen molar-refractivity contribution in [1.82, 2.24) is 9.97 Å². The van der Waals surface area contributed by atoms with E-state index < -0.39 is 0 Å². The quantitative estimate of drug-likeness (QED) is 0.505. The number of aromatic nitrogens is 2. The zero-order chi connectivity index (χ0) is 20.1. The van der Waals surface area contributed by atoms with Crippen molar-refractivity contribution in [2.75, 3.05) is 10.7 Å². The predicted molar refractivity (Wildman–Crippen MR) is 119 cm³/mol. The Labute approximate surface area is 177 Å². The van der Waals surface area contributed by atoms with Gasteiger partial charge in [-0.25, -0.2) is 4.98 Å². The van der Waals surface area contributed by atoms with Crippen LogP contribution in [0.2, 0.25) is 0 Å². The lowest BCUT2D eigenvalue weighted by Gasteiger charge is -2.22. The third kappa shape index (κ3) is 3.30. The van der Waals surface area contributed by atoms with Gasteiger partial charge in [0.25, 0.3) is 5.56 Å². The van der Waals surface area contributed by atoms with Crippen molar-refractivity contribution in [3.8, 4) is 0 Å². The van der Waals surface area contributed by atoms with Gasteiger partial charge in [-0.15, -0.1) is 11.3 Å². The summed E-state index contributed by atoms with van der Waals surface area (Å²) >= 11 is 2.96. The minimum Gasteiger partial charge on any atom is -0.308 e. The molecule has 2 aromatic heterocycles. The molecule has 29 heavy (non-hydrogen) atoms. The van der Waals surface area contributed by atoms with Crippen LogP contribution >= 0.6 is 23.1 Å². The van der Waals surface area contributed by atoms with Gasteiger partial charge in [-0.3, -0.25) is 9.59 Å². The maximum absolute atomic E-state index is 12.9. The molecule has 5 rings (SSSR count). The Balaban J connectivity index is 1.37. The van der Waals surface area contributed by atoms with Gasteiger partial charge < -0.3 is 9.88 Å². The highest BCUT2D eigenvalue weighted by molar-refractivity contribution is 7.99. The van der Waals surface area contributed by atoms with E-state index in [1.807, 2.05) is 23.1 Å². The van der Waals surface area contributed by atoms with Gasteiger partial charge in [-0.2, -0.15) is 0 Å². The molecule has 0 bridgehead atoms. The Bertz CT molecular complexity index is 1170. The number of amides is 1. The Morgan fingerprint density at radius 1 is 1.31 bits per heavy atom. The van der Waals surface area contributed by atoms with Gasteiger partial charge in [0, 0.05) is 16.6 Å². The molecule has 150 valence electrons. The number of hydrogen-bond donors (Lipinski definition) is 1. The minimum absolute atomic E-state index is 0.0505. The number of nitrogens with zero attached hydrogens (tertiary/aromatic N) is 2. The van der Waals surface area contributed by atoms with E-state index in [0.29, 0.717) is 11.1 Å². The summed E-state index contributed by atoms with van der Waals surface area (Å²) in [6.45, 7) is 4.33. The lowest BCUT2D eigenvalue weighted by atomic mass is 9.89. The number of anilines is 1. The Kier molecular flexibility index (Phi) is 4.75. The number of para-hydroxylation sites is 1. The highest BCUT2D eigenvalue weighted by Crippen LogP contribution is 2.36. The molecule has 2 aliphatic rings. The summed E-state index contributed by atoms with van der Waals surface area (Å²) in [4.78, 5) is 37.2. The number of thiophene rings is 1. The van der Waals surface area contributed by atoms with Crippen LogP contribution in [0.5, 0.6) is 0 Å². The van der Waals surface area contributed by atoms with Crippen LogP contribution in [0.15, 0.2) is 34.2 Å². The smallest absolute Gasteiger partial charge is 0.260 e. The molecule has 2 atom stereocenters. The van der Waals surface area contributed by atoms with Gasteiger partial charge in [0.05, 0.1) is 11.1 Å². The van der Waals surface area contributed by atoms with Gasteiger partial charge in [-0.05, 0) is 55.7 Å². The summed E-state index contributed by atoms with van der Waals surface area (Å²) in [7, 11) is 0. The number of aryl methyl sites for hydroxylation is 1. The highest BCUT2D eigenvalue weighted by Gasteiger charge is 2.30. The van der Waals surface area contributed by atoms with E-state index in [4.69, 9.17) is 0 Å². The maximum atomic E-state index is 12.9. The minimum atomic E-state index is -0.0723. The van der Waals surface area contributed by atoms with E-state index >= 15 is 0 Å². The number of benzene rings is 1. The molecule has 0 spiro atoms. The second-order valence-corrected chi connectivity index (χ2v) is 10.2. The molecule has 7 heteroatoms. The molecule has 0 radical (unpaired) electrons. The molecule has 1 aliphatic heterocycles. The fourth-order valence-corrected chi connectivity index (χ4v) is 6.70. The van der Waals surface area contributed by atoms with Gasteiger partial charge in [-0.1, -0.05) is 36.9 Å². The van der Waals surface area contributed by atoms with Gasteiger partial charge in [0.2, 0.25) is 5.91 Å². The van der Waals surface area contributed by atoms with Crippen molar-refractivity contribution in [2.24, 2.45) is 5.92 Å². The standard InChI is InChI=1S/C22H23N3O2S2/c1-12-7-8-15-17(9-12)29-21-19(15)20(27)23-22(24-21)28-11-18(26)25-13(2)10-14-5-3-4-6-16(14)25/h3-6,12-13H,7-11H2,1-2H3,(H,23,24,27). The number of carbonyl (C=O) groups excluding carboxylic acids is 1. The number of H-pyrrole nitrogens is 1. The zero-order valence-electron chi connectivity index (χ0n) is 16.5. The lowest BCUT2D eigenvalue weighted by molar-refractivity contribution is -0.116. The lowest BCUT2D eigenvalue weighted by Crippen LogP contribution is -2.37. The van der Waals surface area contributed by atoms with E-state index in [1.54, 1.807) is 11.3 Å². The maximum Gasteiger partial charge on any atom is 0.260 e. The summed E-state index contributed by atoms with van der Waals surface area (Å²) in [5, 5.41) is 1.29. The first-order valence-electron chi connectivity index (χ1n) is 10.1. The molecule has 2 unspecified atom stereocenters. The second kappa shape index (κ2) is 7.29. The molecule has 0 fully saturated rings. The first-order valence-corrected chi connectivity index (χ1v) is 11.9. The fraction of sp³-hybridized carbons (Fsp3) is 0.409. The van der Waals surface area contributed by atoms with Gasteiger partial charge in [0.15, 0.2) is 5.16 Å². The zero-order valence-corrected chi connectivity index (χ0v) is 18.2. The normalized spacial score (nSPS) is 20.7. The number of fused-ring (bicyclic) bond motifs is 4. The number of thioether (sulfide) groups is 1. The van der Waals surface area contributed by atoms with Crippen LogP contribution in [0.25, 0.3) is 10.2 Å². The first-order chi connectivity index (χ1) is 14.0. The SMILES string of the molecule is CC1CCc2c(sc3nc(SCC(=O)N4c5ccccc5CC4C)[nH]c(=O)c23)C1. The molecule has 1 N–H and O–H groups in total. The predicted octanol–water partition coefficient (Wildman–Crippen LogP) is 4.18. The molecule has 1 aromatic carbocycles. The largest absolute Gasteiger partial charge is 0.308 e. The van der Waals surface area contributed by atoms with Crippen LogP contribution in [-0.2, 0) is 24.1 Å². The van der Waals surface area contributed by atoms with E-state index in [2.05, 4.69) is 29.9 Å². The molecule has 1 amide bonds. The Hall–Kier alpha value is -2.12. The highest BCUT2D eigenvalue weighted by atomic mass is 32.2. The summed E-state index contributed by atoms with van der Waals surface area (Å²) in [5.74, 6) is 0.968. The topological polar surface area (TPSA) is 66.1 Å². The van der Waals surface area contributed by atoms with Crippen LogP contribution in [0.4, 0.5) is 5.69 Å². The van der Waals surface area contributed by atoms with Crippen molar-refractivity contribution in [2.45, 2.75) is 50.7 Å². The number of carbonyl (C=O) groups is 1. The molecule has 3 aromatic rings. The van der Waals surface area contributed by atoms with Crippen molar-refractivity contribution in [3.63, 3.8) is 0 Å². The van der Waals surface area contributed by atoms with Crippen molar-refractivity contribution in [3.05, 3.63) is 50.6 Å². The summed E-state index contributed by atoms with van der Waals surface area (Å²) in [6, 6.07) is 8.22. The second-order valence-electron chi connectivity index (χ2n) is 8.14. The Morgan fingerprint density at radius 2 is 2.14 bits per heavy atom. The monoisotopic (exact) mass is 425 g/mol. The van der Waals surface area contributed by atoms with E-state index in [9.17, 15) is 9.59 Å². The van der Waals surface area contributed by atoms with Crippen LogP contribution in [0, 0.1) is 5.92 Å². The van der Waals surface area contributed by atoms with Crippen LogP contribution in [0.3, 0.4) is 0 Å². The fourth-order valence-electron chi connectivity index (χ4n) is 4.54. The van der Waals surface area contributed by atoms with Gasteiger partial charge >= 0.3 is 0 Å². The molecule has 3 heterocycles. The summed E-state index contributed by atoms with van der Waals surface area (Å²) in [5.41, 5.74) is 3.33. The van der Waals surface area contributed by atoms with Crippen LogP contribution in [0.1, 0.15) is 36.3 Å². The number of nitrogens with one attached hydrogen (secondary N) is 1. The molecule has 1 aliphatic carbocycles. The van der Waals surface area contributed by atoms with Crippen LogP contribution < -0.4 is 10.5 Å². The van der Waals surface area contributed by atoms with Gasteiger partial charge in [0.1, 0.15) is 4.83 Å². The van der Waals surface area contributed by atoms with Crippen molar-refractivity contribution < 1.29 is 4.79 Å². The first kappa shape index (κ1) is 18.9.